The first-order chi connectivity index (χ1) is 12.4. The van der Waals surface area contributed by atoms with Crippen molar-refractivity contribution >= 4 is 29.9 Å². The molecule has 1 saturated heterocycles. The van der Waals surface area contributed by atoms with Crippen LogP contribution in [0.4, 0.5) is 0 Å². The molecule has 0 unspecified atom stereocenters. The summed E-state index contributed by atoms with van der Waals surface area (Å²) in [7, 11) is 0. The molecule has 0 aliphatic carbocycles. The van der Waals surface area contributed by atoms with Gasteiger partial charge in [-0.1, -0.05) is 22.8 Å². The molecule has 1 fully saturated rings. The standard InChI is InChI=1S/C18H23ClN4O3.ClH/c1-17(2,22-14(24)12-4-3-5-13(19)10-12)15-21-16(26-23-15)18(11-20)6-8-25-9-7-18;/h3-5,10H,6-9,11,20H2,1-2H3,(H,22,24);1H. The van der Waals surface area contributed by atoms with Gasteiger partial charge < -0.3 is 20.3 Å². The number of carbonyl (C=O) groups is 1. The maximum Gasteiger partial charge on any atom is 0.252 e. The largest absolute Gasteiger partial charge is 0.381 e. The number of benzene rings is 1. The van der Waals surface area contributed by atoms with Crippen molar-refractivity contribution in [1.29, 1.82) is 0 Å². The Morgan fingerprint density at radius 3 is 2.70 bits per heavy atom. The van der Waals surface area contributed by atoms with Gasteiger partial charge in [-0.15, -0.1) is 12.4 Å². The van der Waals surface area contributed by atoms with E-state index in [-0.39, 0.29) is 23.7 Å². The first kappa shape index (κ1) is 21.6. The van der Waals surface area contributed by atoms with Crippen LogP contribution in [0.25, 0.3) is 0 Å². The Balaban J connectivity index is 0.00000261. The minimum atomic E-state index is -0.817. The van der Waals surface area contributed by atoms with Gasteiger partial charge in [-0.25, -0.2) is 0 Å². The van der Waals surface area contributed by atoms with Crippen LogP contribution < -0.4 is 11.1 Å². The second-order valence-electron chi connectivity index (χ2n) is 7.11. The van der Waals surface area contributed by atoms with Crippen LogP contribution >= 0.6 is 24.0 Å². The minimum absolute atomic E-state index is 0. The van der Waals surface area contributed by atoms with Crippen molar-refractivity contribution in [3.05, 3.63) is 46.6 Å². The molecule has 9 heteroatoms. The van der Waals surface area contributed by atoms with Crippen LogP contribution in [-0.4, -0.2) is 35.8 Å². The van der Waals surface area contributed by atoms with Crippen molar-refractivity contribution in [2.45, 2.75) is 37.6 Å². The van der Waals surface area contributed by atoms with Crippen LogP contribution in [0.5, 0.6) is 0 Å². The number of carbonyl (C=O) groups excluding carboxylic acids is 1. The molecule has 1 aromatic heterocycles. The van der Waals surface area contributed by atoms with E-state index in [9.17, 15) is 4.79 Å². The number of hydrogen-bond acceptors (Lipinski definition) is 6. The summed E-state index contributed by atoms with van der Waals surface area (Å²) in [5.74, 6) is 0.647. The van der Waals surface area contributed by atoms with E-state index < -0.39 is 5.54 Å². The Hall–Kier alpha value is -1.67. The summed E-state index contributed by atoms with van der Waals surface area (Å²) in [5.41, 5.74) is 5.28. The van der Waals surface area contributed by atoms with E-state index in [1.54, 1.807) is 24.3 Å². The number of halogens is 2. The Kier molecular flexibility index (Phi) is 6.86. The Bertz CT molecular complexity index is 788. The summed E-state index contributed by atoms with van der Waals surface area (Å²) < 4.78 is 10.9. The van der Waals surface area contributed by atoms with E-state index in [0.717, 1.165) is 12.8 Å². The third kappa shape index (κ3) is 4.60. The third-order valence-electron chi connectivity index (χ3n) is 4.79. The van der Waals surface area contributed by atoms with Gasteiger partial charge in [-0.05, 0) is 44.9 Å². The topological polar surface area (TPSA) is 103 Å². The lowest BCUT2D eigenvalue weighted by Crippen LogP contribution is -2.43. The van der Waals surface area contributed by atoms with Crippen molar-refractivity contribution in [3.8, 4) is 0 Å². The Morgan fingerprint density at radius 1 is 1.37 bits per heavy atom. The monoisotopic (exact) mass is 414 g/mol. The minimum Gasteiger partial charge on any atom is -0.381 e. The van der Waals surface area contributed by atoms with Gasteiger partial charge in [0.2, 0.25) is 5.89 Å². The van der Waals surface area contributed by atoms with Gasteiger partial charge in [0.1, 0.15) is 0 Å². The lowest BCUT2D eigenvalue weighted by Gasteiger charge is -2.32. The molecule has 1 amide bonds. The van der Waals surface area contributed by atoms with Gasteiger partial charge in [0, 0.05) is 30.3 Å². The van der Waals surface area contributed by atoms with Crippen molar-refractivity contribution in [3.63, 3.8) is 0 Å². The number of ether oxygens (including phenoxy) is 1. The first-order valence-electron chi connectivity index (χ1n) is 8.57. The lowest BCUT2D eigenvalue weighted by atomic mass is 9.80. The summed E-state index contributed by atoms with van der Waals surface area (Å²) >= 11 is 5.96. The highest BCUT2D eigenvalue weighted by molar-refractivity contribution is 6.30. The number of hydrogen-bond donors (Lipinski definition) is 2. The van der Waals surface area contributed by atoms with Crippen molar-refractivity contribution in [2.24, 2.45) is 5.73 Å². The number of rotatable bonds is 5. The van der Waals surface area contributed by atoms with E-state index in [0.29, 0.717) is 42.1 Å². The summed E-state index contributed by atoms with van der Waals surface area (Å²) in [6.45, 7) is 5.28. The highest BCUT2D eigenvalue weighted by Gasteiger charge is 2.40. The number of nitrogens with two attached hydrogens (primary N) is 1. The third-order valence-corrected chi connectivity index (χ3v) is 5.03. The molecule has 0 radical (unpaired) electrons. The van der Waals surface area contributed by atoms with Gasteiger partial charge in [0.05, 0.1) is 11.0 Å². The zero-order valence-electron chi connectivity index (χ0n) is 15.3. The van der Waals surface area contributed by atoms with E-state index in [2.05, 4.69) is 15.5 Å². The predicted octanol–water partition coefficient (Wildman–Crippen LogP) is 2.82. The SMILES string of the molecule is CC(C)(NC(=O)c1cccc(Cl)c1)c1noc(C2(CN)CCOCC2)n1.Cl. The molecule has 0 bridgehead atoms. The van der Waals surface area contributed by atoms with Crippen LogP contribution in [0.15, 0.2) is 28.8 Å². The van der Waals surface area contributed by atoms with Gasteiger partial charge >= 0.3 is 0 Å². The lowest BCUT2D eigenvalue weighted by molar-refractivity contribution is 0.0408. The fraction of sp³-hybridized carbons (Fsp3) is 0.500. The van der Waals surface area contributed by atoms with E-state index in [4.69, 9.17) is 26.6 Å². The molecular weight excluding hydrogens is 391 g/mol. The summed E-state index contributed by atoms with van der Waals surface area (Å²) in [4.78, 5) is 17.1. The van der Waals surface area contributed by atoms with Gasteiger partial charge in [-0.3, -0.25) is 4.79 Å². The molecule has 3 rings (SSSR count). The summed E-state index contributed by atoms with van der Waals surface area (Å²) in [6.07, 6.45) is 1.47. The second kappa shape index (κ2) is 8.56. The van der Waals surface area contributed by atoms with E-state index >= 15 is 0 Å². The quantitative estimate of drug-likeness (QED) is 0.779. The molecule has 1 aliphatic rings. The molecule has 148 valence electrons. The molecule has 27 heavy (non-hydrogen) atoms. The van der Waals surface area contributed by atoms with E-state index in [1.165, 1.54) is 0 Å². The number of aromatic nitrogens is 2. The van der Waals surface area contributed by atoms with Crippen LogP contribution in [0, 0.1) is 0 Å². The molecule has 2 aromatic rings. The van der Waals surface area contributed by atoms with Crippen LogP contribution in [0.3, 0.4) is 0 Å². The smallest absolute Gasteiger partial charge is 0.252 e. The maximum atomic E-state index is 12.5. The van der Waals surface area contributed by atoms with Gasteiger partial charge in [-0.2, -0.15) is 4.98 Å². The second-order valence-corrected chi connectivity index (χ2v) is 7.55. The highest BCUT2D eigenvalue weighted by Crippen LogP contribution is 2.33. The molecule has 0 saturated carbocycles. The van der Waals surface area contributed by atoms with Crippen LogP contribution in [-0.2, 0) is 15.7 Å². The Labute approximate surface area is 169 Å². The number of nitrogens with zero attached hydrogens (tertiary/aromatic N) is 2. The fourth-order valence-corrected chi connectivity index (χ4v) is 3.19. The Morgan fingerprint density at radius 2 is 2.07 bits per heavy atom. The van der Waals surface area contributed by atoms with Gasteiger partial charge in [0.25, 0.3) is 5.91 Å². The van der Waals surface area contributed by atoms with Crippen LogP contribution in [0.2, 0.25) is 5.02 Å². The molecule has 0 spiro atoms. The molecule has 7 nitrogen and oxygen atoms in total. The van der Waals surface area contributed by atoms with Crippen molar-refractivity contribution in [2.75, 3.05) is 19.8 Å². The average Bonchev–Trinajstić information content (AvgIpc) is 3.14. The van der Waals surface area contributed by atoms with Crippen molar-refractivity contribution < 1.29 is 14.1 Å². The average molecular weight is 415 g/mol. The van der Waals surface area contributed by atoms with Crippen LogP contribution in [0.1, 0.15) is 48.8 Å². The molecule has 2 heterocycles. The summed E-state index contributed by atoms with van der Waals surface area (Å²) in [5, 5.41) is 7.52. The first-order valence-corrected chi connectivity index (χ1v) is 8.95. The number of amides is 1. The summed E-state index contributed by atoms with van der Waals surface area (Å²) in [6, 6.07) is 6.76. The number of nitrogens with one attached hydrogen (secondary N) is 1. The predicted molar refractivity (Wildman–Crippen MR) is 104 cm³/mol. The molecule has 1 aliphatic heterocycles. The van der Waals surface area contributed by atoms with Crippen molar-refractivity contribution in [1.82, 2.24) is 15.5 Å². The molecule has 1 aromatic carbocycles. The maximum absolute atomic E-state index is 12.5. The molecule has 0 atom stereocenters. The highest BCUT2D eigenvalue weighted by atomic mass is 35.5. The molecule has 3 N–H and O–H groups in total. The zero-order chi connectivity index (χ0) is 18.8. The van der Waals surface area contributed by atoms with E-state index in [1.807, 2.05) is 13.8 Å². The zero-order valence-corrected chi connectivity index (χ0v) is 16.9. The van der Waals surface area contributed by atoms with Gasteiger partial charge in [0.15, 0.2) is 5.82 Å². The molecular formula is C18H24Cl2N4O3. The normalized spacial score (nSPS) is 16.4. The fourth-order valence-electron chi connectivity index (χ4n) is 3.00.